The van der Waals surface area contributed by atoms with Crippen molar-refractivity contribution in [2.45, 2.75) is 31.6 Å². The molecule has 0 saturated carbocycles. The van der Waals surface area contributed by atoms with Gasteiger partial charge in [0.1, 0.15) is 0 Å². The third-order valence-electron chi connectivity index (χ3n) is 3.79. The number of benzene rings is 1. The Bertz CT molecular complexity index is 482. The molecule has 0 aromatic heterocycles. The molecule has 0 radical (unpaired) electrons. The van der Waals surface area contributed by atoms with Crippen LogP contribution in [0, 0.1) is 5.41 Å². The molecular formula is C14H23NO3S. The van der Waals surface area contributed by atoms with Crippen LogP contribution in [0.15, 0.2) is 29.2 Å². The molecule has 19 heavy (non-hydrogen) atoms. The highest BCUT2D eigenvalue weighted by atomic mass is 32.2. The van der Waals surface area contributed by atoms with Crippen LogP contribution in [-0.4, -0.2) is 32.9 Å². The number of sulfone groups is 1. The maximum atomic E-state index is 11.3. The van der Waals surface area contributed by atoms with E-state index in [1.165, 1.54) is 6.26 Å². The molecule has 0 amide bonds. The van der Waals surface area contributed by atoms with Gasteiger partial charge in [0.05, 0.1) is 11.5 Å². The van der Waals surface area contributed by atoms with E-state index in [1.54, 1.807) is 24.3 Å². The fourth-order valence-electron chi connectivity index (χ4n) is 1.89. The number of anilines is 1. The normalized spacial score (nSPS) is 12.4. The van der Waals surface area contributed by atoms with Crippen molar-refractivity contribution in [2.24, 2.45) is 5.41 Å². The maximum absolute atomic E-state index is 11.3. The lowest BCUT2D eigenvalue weighted by molar-refractivity contribution is 0.127. The summed E-state index contributed by atoms with van der Waals surface area (Å²) in [6.45, 7) is 4.95. The van der Waals surface area contributed by atoms with E-state index in [-0.39, 0.29) is 12.0 Å². The van der Waals surface area contributed by atoms with Crippen LogP contribution in [-0.2, 0) is 9.84 Å². The van der Waals surface area contributed by atoms with Gasteiger partial charge in [-0.2, -0.15) is 0 Å². The summed E-state index contributed by atoms with van der Waals surface area (Å²) in [5.74, 6) is 0. The minimum absolute atomic E-state index is 0.116. The van der Waals surface area contributed by atoms with Crippen molar-refractivity contribution in [3.8, 4) is 0 Å². The molecule has 2 N–H and O–H groups in total. The van der Waals surface area contributed by atoms with Gasteiger partial charge in [-0.15, -0.1) is 0 Å². The molecule has 108 valence electrons. The summed E-state index contributed by atoms with van der Waals surface area (Å²) in [6.07, 6.45) is 2.99. The van der Waals surface area contributed by atoms with Gasteiger partial charge in [0.2, 0.25) is 0 Å². The molecule has 0 aliphatic heterocycles. The van der Waals surface area contributed by atoms with E-state index in [0.29, 0.717) is 11.4 Å². The molecule has 1 aromatic rings. The van der Waals surface area contributed by atoms with E-state index in [9.17, 15) is 13.5 Å². The lowest BCUT2D eigenvalue weighted by Crippen LogP contribution is -2.32. The number of aliphatic hydroxyl groups is 1. The Morgan fingerprint density at radius 3 is 2.05 bits per heavy atom. The van der Waals surface area contributed by atoms with Crippen LogP contribution in [0.5, 0.6) is 0 Å². The van der Waals surface area contributed by atoms with Crippen molar-refractivity contribution in [1.29, 1.82) is 0 Å². The Morgan fingerprint density at radius 2 is 1.68 bits per heavy atom. The third kappa shape index (κ3) is 4.21. The van der Waals surface area contributed by atoms with Gasteiger partial charge in [-0.3, -0.25) is 0 Å². The van der Waals surface area contributed by atoms with Gasteiger partial charge in [0.15, 0.2) is 9.84 Å². The Morgan fingerprint density at radius 1 is 1.16 bits per heavy atom. The van der Waals surface area contributed by atoms with Gasteiger partial charge in [-0.25, -0.2) is 8.42 Å². The summed E-state index contributed by atoms with van der Waals surface area (Å²) in [5, 5.41) is 12.7. The average molecular weight is 285 g/mol. The SMILES string of the molecule is CCC(CC)(CO)CNc1ccc(S(C)(=O)=O)cc1. The van der Waals surface area contributed by atoms with Gasteiger partial charge >= 0.3 is 0 Å². The van der Waals surface area contributed by atoms with Gasteiger partial charge in [0.25, 0.3) is 0 Å². The highest BCUT2D eigenvalue weighted by molar-refractivity contribution is 7.90. The number of hydrogen-bond donors (Lipinski definition) is 2. The monoisotopic (exact) mass is 285 g/mol. The molecule has 1 aromatic carbocycles. The second kappa shape index (κ2) is 6.39. The van der Waals surface area contributed by atoms with Gasteiger partial charge < -0.3 is 10.4 Å². The molecule has 0 fully saturated rings. The lowest BCUT2D eigenvalue weighted by atomic mass is 9.83. The molecule has 0 aliphatic rings. The number of hydrogen-bond acceptors (Lipinski definition) is 4. The molecule has 0 aliphatic carbocycles. The fourth-order valence-corrected chi connectivity index (χ4v) is 2.52. The third-order valence-corrected chi connectivity index (χ3v) is 4.91. The van der Waals surface area contributed by atoms with Crippen LogP contribution in [0.1, 0.15) is 26.7 Å². The van der Waals surface area contributed by atoms with Crippen molar-refractivity contribution in [3.63, 3.8) is 0 Å². The topological polar surface area (TPSA) is 66.4 Å². The summed E-state index contributed by atoms with van der Waals surface area (Å²) >= 11 is 0. The minimum atomic E-state index is -3.14. The molecule has 0 heterocycles. The summed E-state index contributed by atoms with van der Waals surface area (Å²) in [4.78, 5) is 0.317. The first-order chi connectivity index (χ1) is 8.87. The quantitative estimate of drug-likeness (QED) is 0.806. The Kier molecular flexibility index (Phi) is 5.38. The molecule has 0 saturated heterocycles. The predicted molar refractivity (Wildman–Crippen MR) is 78.1 cm³/mol. The van der Waals surface area contributed by atoms with E-state index in [0.717, 1.165) is 18.5 Å². The zero-order chi connectivity index (χ0) is 14.5. The molecule has 5 heteroatoms. The van der Waals surface area contributed by atoms with Gasteiger partial charge in [0, 0.05) is 23.9 Å². The standard InChI is InChI=1S/C14H23NO3S/c1-4-14(5-2,11-16)10-15-12-6-8-13(9-7-12)19(3,17)18/h6-9,15-16H,4-5,10-11H2,1-3H3. The molecule has 0 unspecified atom stereocenters. The van der Waals surface area contributed by atoms with Crippen LogP contribution in [0.2, 0.25) is 0 Å². The largest absolute Gasteiger partial charge is 0.396 e. The molecular weight excluding hydrogens is 262 g/mol. The Balaban J connectivity index is 2.74. The zero-order valence-electron chi connectivity index (χ0n) is 11.8. The van der Waals surface area contributed by atoms with E-state index in [1.807, 2.05) is 0 Å². The van der Waals surface area contributed by atoms with E-state index in [2.05, 4.69) is 19.2 Å². The molecule has 4 nitrogen and oxygen atoms in total. The van der Waals surface area contributed by atoms with E-state index in [4.69, 9.17) is 0 Å². The number of nitrogens with one attached hydrogen (secondary N) is 1. The summed E-state index contributed by atoms with van der Waals surface area (Å²) in [5.41, 5.74) is 0.752. The van der Waals surface area contributed by atoms with E-state index >= 15 is 0 Å². The highest BCUT2D eigenvalue weighted by Crippen LogP contribution is 2.26. The Hall–Kier alpha value is -1.07. The minimum Gasteiger partial charge on any atom is -0.396 e. The predicted octanol–water partition coefficient (Wildman–Crippen LogP) is 2.30. The fraction of sp³-hybridized carbons (Fsp3) is 0.571. The van der Waals surface area contributed by atoms with Crippen LogP contribution in [0.4, 0.5) is 5.69 Å². The van der Waals surface area contributed by atoms with Crippen molar-refractivity contribution < 1.29 is 13.5 Å². The van der Waals surface area contributed by atoms with Crippen molar-refractivity contribution in [2.75, 3.05) is 24.7 Å². The Labute approximate surface area is 115 Å². The van der Waals surface area contributed by atoms with Crippen LogP contribution >= 0.6 is 0 Å². The second-order valence-electron chi connectivity index (χ2n) is 5.02. The van der Waals surface area contributed by atoms with E-state index < -0.39 is 9.84 Å². The average Bonchev–Trinajstić information content (AvgIpc) is 2.40. The van der Waals surface area contributed by atoms with Crippen molar-refractivity contribution >= 4 is 15.5 Å². The van der Waals surface area contributed by atoms with Gasteiger partial charge in [-0.05, 0) is 37.1 Å². The molecule has 0 bridgehead atoms. The van der Waals surface area contributed by atoms with Gasteiger partial charge in [-0.1, -0.05) is 13.8 Å². The van der Waals surface area contributed by atoms with Crippen molar-refractivity contribution in [3.05, 3.63) is 24.3 Å². The number of rotatable bonds is 7. The first-order valence-electron chi connectivity index (χ1n) is 6.52. The molecule has 0 atom stereocenters. The smallest absolute Gasteiger partial charge is 0.175 e. The first kappa shape index (κ1) is 16.0. The molecule has 1 rings (SSSR count). The second-order valence-corrected chi connectivity index (χ2v) is 7.03. The van der Waals surface area contributed by atoms with Crippen molar-refractivity contribution in [1.82, 2.24) is 0 Å². The first-order valence-corrected chi connectivity index (χ1v) is 8.41. The highest BCUT2D eigenvalue weighted by Gasteiger charge is 2.24. The summed E-state index contributed by atoms with van der Waals surface area (Å²) < 4.78 is 22.7. The lowest BCUT2D eigenvalue weighted by Gasteiger charge is -2.30. The van der Waals surface area contributed by atoms with Crippen LogP contribution < -0.4 is 5.32 Å². The van der Waals surface area contributed by atoms with Crippen LogP contribution in [0.25, 0.3) is 0 Å². The maximum Gasteiger partial charge on any atom is 0.175 e. The summed E-state index contributed by atoms with van der Waals surface area (Å²) in [7, 11) is -3.14. The number of aliphatic hydroxyl groups excluding tert-OH is 1. The van der Waals surface area contributed by atoms with Crippen LogP contribution in [0.3, 0.4) is 0 Å². The zero-order valence-corrected chi connectivity index (χ0v) is 12.6. The molecule has 0 spiro atoms. The summed E-state index contributed by atoms with van der Waals surface area (Å²) in [6, 6.07) is 6.69.